The molecule has 2 heterocycles. The lowest BCUT2D eigenvalue weighted by molar-refractivity contribution is -0.115. The highest BCUT2D eigenvalue weighted by molar-refractivity contribution is 5.95. The van der Waals surface area contributed by atoms with Gasteiger partial charge < -0.3 is 5.32 Å². The minimum Gasteiger partial charge on any atom is -0.323 e. The van der Waals surface area contributed by atoms with Gasteiger partial charge in [0.15, 0.2) is 11.5 Å². The zero-order valence-electron chi connectivity index (χ0n) is 12.7. The van der Waals surface area contributed by atoms with Crippen LogP contribution in [0, 0.1) is 6.92 Å². The molecule has 0 radical (unpaired) electrons. The van der Waals surface area contributed by atoms with E-state index in [4.69, 9.17) is 0 Å². The molecule has 3 aromatic rings. The first-order valence-electron chi connectivity index (χ1n) is 7.35. The molecule has 0 fully saturated rings. The number of hydrogen-bond donors (Lipinski definition) is 1. The van der Waals surface area contributed by atoms with Crippen molar-refractivity contribution in [2.75, 3.05) is 5.32 Å². The topological polar surface area (TPSA) is 59.3 Å². The second kappa shape index (κ2) is 5.97. The van der Waals surface area contributed by atoms with Gasteiger partial charge in [0.2, 0.25) is 5.91 Å². The molecule has 0 aliphatic rings. The summed E-state index contributed by atoms with van der Waals surface area (Å²) in [7, 11) is 0. The van der Waals surface area contributed by atoms with Gasteiger partial charge in [-0.1, -0.05) is 36.8 Å². The molecule has 0 saturated carbocycles. The molecule has 1 amide bonds. The maximum atomic E-state index is 12.2. The van der Waals surface area contributed by atoms with Gasteiger partial charge in [-0.2, -0.15) is 5.10 Å². The minimum atomic E-state index is -0.0558. The maximum absolute atomic E-state index is 12.2. The largest absolute Gasteiger partial charge is 0.323 e. The Morgan fingerprint density at radius 3 is 2.91 bits per heavy atom. The SMILES string of the molecule is CCc1nc2c(NC(=O)Cc3cccc(C)c3)cccn2n1. The van der Waals surface area contributed by atoms with Crippen LogP contribution in [0.1, 0.15) is 23.9 Å². The molecule has 0 atom stereocenters. The van der Waals surface area contributed by atoms with E-state index in [1.165, 1.54) is 0 Å². The van der Waals surface area contributed by atoms with Gasteiger partial charge in [-0.15, -0.1) is 0 Å². The number of nitrogens with zero attached hydrogens (tertiary/aromatic N) is 3. The Labute approximate surface area is 129 Å². The van der Waals surface area contributed by atoms with Gasteiger partial charge >= 0.3 is 0 Å². The molecule has 2 aromatic heterocycles. The minimum absolute atomic E-state index is 0.0558. The van der Waals surface area contributed by atoms with Crippen LogP contribution in [0.3, 0.4) is 0 Å². The lowest BCUT2D eigenvalue weighted by atomic mass is 10.1. The predicted molar refractivity (Wildman–Crippen MR) is 85.9 cm³/mol. The molecule has 0 saturated heterocycles. The van der Waals surface area contributed by atoms with E-state index in [0.29, 0.717) is 17.8 Å². The molecule has 3 rings (SSSR count). The Bertz CT molecular complexity index is 822. The summed E-state index contributed by atoms with van der Waals surface area (Å²) in [5.41, 5.74) is 3.52. The van der Waals surface area contributed by atoms with Gasteiger partial charge in [-0.25, -0.2) is 9.50 Å². The number of fused-ring (bicyclic) bond motifs is 1. The van der Waals surface area contributed by atoms with Crippen molar-refractivity contribution in [3.05, 3.63) is 59.5 Å². The molecule has 0 unspecified atom stereocenters. The van der Waals surface area contributed by atoms with Gasteiger partial charge in [0.25, 0.3) is 0 Å². The Morgan fingerprint density at radius 2 is 2.14 bits per heavy atom. The van der Waals surface area contributed by atoms with Gasteiger partial charge in [0, 0.05) is 12.6 Å². The first-order valence-corrected chi connectivity index (χ1v) is 7.35. The summed E-state index contributed by atoms with van der Waals surface area (Å²) in [5.74, 6) is 0.708. The third-order valence-corrected chi connectivity index (χ3v) is 3.44. The number of carbonyl (C=O) groups is 1. The normalized spacial score (nSPS) is 10.8. The maximum Gasteiger partial charge on any atom is 0.228 e. The number of carbonyl (C=O) groups excluding carboxylic acids is 1. The van der Waals surface area contributed by atoms with Crippen LogP contribution < -0.4 is 5.32 Å². The number of aromatic nitrogens is 3. The zero-order valence-corrected chi connectivity index (χ0v) is 12.7. The van der Waals surface area contributed by atoms with Crippen LogP contribution in [0.5, 0.6) is 0 Å². The highest BCUT2D eigenvalue weighted by Crippen LogP contribution is 2.15. The summed E-state index contributed by atoms with van der Waals surface area (Å²) in [4.78, 5) is 16.7. The first kappa shape index (κ1) is 14.3. The van der Waals surface area contributed by atoms with Crippen molar-refractivity contribution >= 4 is 17.2 Å². The number of anilines is 1. The predicted octanol–water partition coefficient (Wildman–Crippen LogP) is 2.78. The average molecular weight is 294 g/mol. The number of hydrogen-bond acceptors (Lipinski definition) is 3. The molecule has 0 bridgehead atoms. The van der Waals surface area contributed by atoms with E-state index in [9.17, 15) is 4.79 Å². The van der Waals surface area contributed by atoms with Gasteiger partial charge in [0.1, 0.15) is 0 Å². The standard InChI is InChI=1S/C17H18N4O/c1-3-15-19-17-14(8-5-9-21(17)20-15)18-16(22)11-13-7-4-6-12(2)10-13/h4-10H,3,11H2,1-2H3,(H,18,22). The van der Waals surface area contributed by atoms with Gasteiger partial charge in [-0.05, 0) is 24.6 Å². The van der Waals surface area contributed by atoms with E-state index in [1.54, 1.807) is 4.52 Å². The molecule has 0 aliphatic carbocycles. The zero-order chi connectivity index (χ0) is 15.5. The molecular weight excluding hydrogens is 276 g/mol. The molecule has 5 heteroatoms. The van der Waals surface area contributed by atoms with Crippen molar-refractivity contribution in [1.82, 2.24) is 14.6 Å². The van der Waals surface area contributed by atoms with E-state index in [0.717, 1.165) is 23.4 Å². The Hall–Kier alpha value is -2.69. The van der Waals surface area contributed by atoms with Crippen LogP contribution in [-0.4, -0.2) is 20.5 Å². The Balaban J connectivity index is 1.80. The highest BCUT2D eigenvalue weighted by atomic mass is 16.1. The van der Waals surface area contributed by atoms with Crippen molar-refractivity contribution in [3.63, 3.8) is 0 Å². The molecule has 5 nitrogen and oxygen atoms in total. The quantitative estimate of drug-likeness (QED) is 0.805. The van der Waals surface area contributed by atoms with E-state index < -0.39 is 0 Å². The van der Waals surface area contributed by atoms with Crippen LogP contribution in [0.15, 0.2) is 42.6 Å². The fourth-order valence-electron chi connectivity index (χ4n) is 2.40. The van der Waals surface area contributed by atoms with E-state index in [1.807, 2.05) is 56.4 Å². The number of pyridine rings is 1. The summed E-state index contributed by atoms with van der Waals surface area (Å²) < 4.78 is 1.70. The van der Waals surface area contributed by atoms with E-state index in [-0.39, 0.29) is 5.91 Å². The van der Waals surface area contributed by atoms with Crippen LogP contribution in [0.25, 0.3) is 5.65 Å². The van der Waals surface area contributed by atoms with Crippen molar-refractivity contribution in [1.29, 1.82) is 0 Å². The second-order valence-corrected chi connectivity index (χ2v) is 5.29. The number of aryl methyl sites for hydroxylation is 2. The summed E-state index contributed by atoms with van der Waals surface area (Å²) >= 11 is 0. The summed E-state index contributed by atoms with van der Waals surface area (Å²) in [5, 5.41) is 7.28. The monoisotopic (exact) mass is 294 g/mol. The van der Waals surface area contributed by atoms with Crippen LogP contribution in [0.2, 0.25) is 0 Å². The number of benzene rings is 1. The lowest BCUT2D eigenvalue weighted by Crippen LogP contribution is -2.15. The molecule has 0 aliphatic heterocycles. The molecule has 1 aromatic carbocycles. The van der Waals surface area contributed by atoms with Gasteiger partial charge in [-0.3, -0.25) is 4.79 Å². The summed E-state index contributed by atoms with van der Waals surface area (Å²) in [6.45, 7) is 4.02. The molecular formula is C17H18N4O. The fourth-order valence-corrected chi connectivity index (χ4v) is 2.40. The lowest BCUT2D eigenvalue weighted by Gasteiger charge is -2.06. The molecule has 22 heavy (non-hydrogen) atoms. The summed E-state index contributed by atoms with van der Waals surface area (Å²) in [6.07, 6.45) is 2.94. The van der Waals surface area contributed by atoms with Crippen LogP contribution >= 0.6 is 0 Å². The number of nitrogens with one attached hydrogen (secondary N) is 1. The smallest absolute Gasteiger partial charge is 0.228 e. The summed E-state index contributed by atoms with van der Waals surface area (Å²) in [6, 6.07) is 11.7. The van der Waals surface area contributed by atoms with Crippen LogP contribution in [-0.2, 0) is 17.6 Å². The molecule has 0 spiro atoms. The third-order valence-electron chi connectivity index (χ3n) is 3.44. The third kappa shape index (κ3) is 2.98. The number of rotatable bonds is 4. The Morgan fingerprint density at radius 1 is 1.27 bits per heavy atom. The van der Waals surface area contributed by atoms with Crippen molar-refractivity contribution < 1.29 is 4.79 Å². The van der Waals surface area contributed by atoms with E-state index >= 15 is 0 Å². The van der Waals surface area contributed by atoms with Crippen molar-refractivity contribution in [2.45, 2.75) is 26.7 Å². The highest BCUT2D eigenvalue weighted by Gasteiger charge is 2.10. The van der Waals surface area contributed by atoms with Crippen molar-refractivity contribution in [2.24, 2.45) is 0 Å². The fraction of sp³-hybridized carbons (Fsp3) is 0.235. The van der Waals surface area contributed by atoms with Gasteiger partial charge in [0.05, 0.1) is 12.1 Å². The molecule has 1 N–H and O–H groups in total. The van der Waals surface area contributed by atoms with Crippen molar-refractivity contribution in [3.8, 4) is 0 Å². The first-order chi connectivity index (χ1) is 10.7. The Kier molecular flexibility index (Phi) is 3.87. The second-order valence-electron chi connectivity index (χ2n) is 5.29. The van der Waals surface area contributed by atoms with Crippen LogP contribution in [0.4, 0.5) is 5.69 Å². The van der Waals surface area contributed by atoms with E-state index in [2.05, 4.69) is 15.4 Å². The average Bonchev–Trinajstić information content (AvgIpc) is 2.91. The molecule has 112 valence electrons. The number of amides is 1.